The van der Waals surface area contributed by atoms with Crippen molar-refractivity contribution in [1.29, 1.82) is 0 Å². The predicted molar refractivity (Wildman–Crippen MR) is 74.3 cm³/mol. The van der Waals surface area contributed by atoms with Crippen molar-refractivity contribution in [2.24, 2.45) is 0 Å². The molecule has 6 heteroatoms. The van der Waals surface area contributed by atoms with E-state index in [1.165, 1.54) is 13.3 Å². The highest BCUT2D eigenvalue weighted by Crippen LogP contribution is 2.15. The number of nitrogens with one attached hydrogen (secondary N) is 2. The lowest BCUT2D eigenvalue weighted by Gasteiger charge is -2.07. The molecule has 1 aromatic carbocycles. The topological polar surface area (TPSA) is 84.2 Å². The largest absolute Gasteiger partial charge is 0.448 e. The van der Waals surface area contributed by atoms with Gasteiger partial charge in [-0.05, 0) is 25.1 Å². The number of nitrogens with zero attached hydrogens (tertiary/aromatic N) is 1. The summed E-state index contributed by atoms with van der Waals surface area (Å²) >= 11 is 0. The van der Waals surface area contributed by atoms with Crippen molar-refractivity contribution >= 4 is 23.2 Å². The molecule has 0 radical (unpaired) electrons. The minimum absolute atomic E-state index is 0.121. The van der Waals surface area contributed by atoms with Crippen LogP contribution in [0, 0.1) is 6.92 Å². The van der Waals surface area contributed by atoms with Crippen molar-refractivity contribution in [2.45, 2.75) is 20.3 Å². The molecule has 2 amide bonds. The van der Waals surface area contributed by atoms with E-state index in [4.69, 9.17) is 4.42 Å². The molecule has 0 saturated heterocycles. The maximum absolute atomic E-state index is 11.9. The Kier molecular flexibility index (Phi) is 4.14. The molecule has 0 atom stereocenters. The number of rotatable bonds is 4. The van der Waals surface area contributed by atoms with Crippen LogP contribution in [0.15, 0.2) is 35.1 Å². The smallest absolute Gasteiger partial charge is 0.232 e. The Morgan fingerprint density at radius 1 is 1.25 bits per heavy atom. The highest BCUT2D eigenvalue weighted by Gasteiger charge is 2.10. The first-order chi connectivity index (χ1) is 9.54. The number of amides is 2. The van der Waals surface area contributed by atoms with Crippen molar-refractivity contribution < 1.29 is 14.0 Å². The summed E-state index contributed by atoms with van der Waals surface area (Å²) in [6.07, 6.45) is 1.44. The Labute approximate surface area is 116 Å². The van der Waals surface area contributed by atoms with Crippen molar-refractivity contribution in [3.05, 3.63) is 42.1 Å². The minimum atomic E-state index is -0.204. The molecule has 0 spiro atoms. The van der Waals surface area contributed by atoms with Crippen LogP contribution in [0.5, 0.6) is 0 Å². The van der Waals surface area contributed by atoms with Gasteiger partial charge >= 0.3 is 0 Å². The van der Waals surface area contributed by atoms with Crippen LogP contribution in [-0.4, -0.2) is 16.8 Å². The van der Waals surface area contributed by atoms with Gasteiger partial charge in [0, 0.05) is 18.3 Å². The number of aromatic nitrogens is 1. The number of carbonyl (C=O) groups is 2. The zero-order valence-electron chi connectivity index (χ0n) is 11.3. The Hall–Kier alpha value is -2.63. The molecule has 2 aromatic rings. The molecule has 20 heavy (non-hydrogen) atoms. The summed E-state index contributed by atoms with van der Waals surface area (Å²) in [4.78, 5) is 26.8. The molecule has 0 saturated carbocycles. The van der Waals surface area contributed by atoms with Gasteiger partial charge in [0.25, 0.3) is 0 Å². The first-order valence-corrected chi connectivity index (χ1v) is 6.11. The summed E-state index contributed by atoms with van der Waals surface area (Å²) in [6.45, 7) is 3.21. The predicted octanol–water partition coefficient (Wildman–Crippen LogP) is 2.12. The van der Waals surface area contributed by atoms with Crippen molar-refractivity contribution in [3.63, 3.8) is 0 Å². The summed E-state index contributed by atoms with van der Waals surface area (Å²) < 4.78 is 5.12. The quantitative estimate of drug-likeness (QED) is 0.893. The van der Waals surface area contributed by atoms with E-state index in [-0.39, 0.29) is 18.2 Å². The summed E-state index contributed by atoms with van der Waals surface area (Å²) in [5.74, 6) is 0.177. The lowest BCUT2D eigenvalue weighted by Crippen LogP contribution is -2.15. The normalized spacial score (nSPS) is 10.1. The molecule has 1 heterocycles. The van der Waals surface area contributed by atoms with Crippen molar-refractivity contribution in [3.8, 4) is 0 Å². The van der Waals surface area contributed by atoms with Crippen LogP contribution in [0.25, 0.3) is 0 Å². The van der Waals surface area contributed by atoms with Crippen molar-refractivity contribution in [2.75, 3.05) is 10.6 Å². The molecule has 6 nitrogen and oxygen atoms in total. The van der Waals surface area contributed by atoms with Gasteiger partial charge in [-0.2, -0.15) is 0 Å². The van der Waals surface area contributed by atoms with Gasteiger partial charge in [-0.25, -0.2) is 4.98 Å². The third-order valence-corrected chi connectivity index (χ3v) is 2.63. The summed E-state index contributed by atoms with van der Waals surface area (Å²) in [7, 11) is 0. The standard InChI is InChI=1S/C14H15N3O3/c1-9-13(20-8-15-9)7-14(19)17-12-5-3-4-11(6-12)16-10(2)18/h3-6,8H,7H2,1-2H3,(H,16,18)(H,17,19). The molecule has 2 N–H and O–H groups in total. The van der Waals surface area contributed by atoms with E-state index in [0.29, 0.717) is 22.8 Å². The average molecular weight is 273 g/mol. The van der Waals surface area contributed by atoms with Gasteiger partial charge < -0.3 is 15.1 Å². The lowest BCUT2D eigenvalue weighted by molar-refractivity contribution is -0.116. The fraction of sp³-hybridized carbons (Fsp3) is 0.214. The SMILES string of the molecule is CC(=O)Nc1cccc(NC(=O)Cc2ocnc2C)c1. The van der Waals surface area contributed by atoms with Gasteiger partial charge in [0.2, 0.25) is 11.8 Å². The zero-order valence-corrected chi connectivity index (χ0v) is 11.3. The number of hydrogen-bond donors (Lipinski definition) is 2. The highest BCUT2D eigenvalue weighted by molar-refractivity contribution is 5.94. The Balaban J connectivity index is 2.01. The first-order valence-electron chi connectivity index (χ1n) is 6.11. The number of aryl methyl sites for hydroxylation is 1. The Morgan fingerprint density at radius 2 is 1.95 bits per heavy atom. The van der Waals surface area contributed by atoms with Gasteiger partial charge in [0.1, 0.15) is 5.76 Å². The average Bonchev–Trinajstić information content (AvgIpc) is 2.74. The Morgan fingerprint density at radius 3 is 2.55 bits per heavy atom. The molecule has 0 aliphatic heterocycles. The summed E-state index contributed by atoms with van der Waals surface area (Å²) in [5.41, 5.74) is 1.94. The van der Waals surface area contributed by atoms with E-state index in [9.17, 15) is 9.59 Å². The fourth-order valence-corrected chi connectivity index (χ4v) is 1.72. The lowest BCUT2D eigenvalue weighted by atomic mass is 10.2. The van der Waals surface area contributed by atoms with Gasteiger partial charge in [0.05, 0.1) is 12.1 Å². The van der Waals surface area contributed by atoms with Gasteiger partial charge in [-0.1, -0.05) is 6.07 Å². The number of carbonyl (C=O) groups excluding carboxylic acids is 2. The number of anilines is 2. The molecular formula is C14H15N3O3. The maximum atomic E-state index is 11.9. The van der Waals surface area contributed by atoms with Crippen LogP contribution in [0.2, 0.25) is 0 Å². The van der Waals surface area contributed by atoms with E-state index in [2.05, 4.69) is 15.6 Å². The monoisotopic (exact) mass is 273 g/mol. The number of benzene rings is 1. The first kappa shape index (κ1) is 13.8. The second-order valence-electron chi connectivity index (χ2n) is 4.35. The molecule has 0 bridgehead atoms. The minimum Gasteiger partial charge on any atom is -0.448 e. The second-order valence-corrected chi connectivity index (χ2v) is 4.35. The second kappa shape index (κ2) is 6.01. The van der Waals surface area contributed by atoms with Crippen LogP contribution in [0.3, 0.4) is 0 Å². The van der Waals surface area contributed by atoms with Crippen LogP contribution in [0.4, 0.5) is 11.4 Å². The van der Waals surface area contributed by atoms with Gasteiger partial charge in [-0.3, -0.25) is 9.59 Å². The third-order valence-electron chi connectivity index (χ3n) is 2.63. The highest BCUT2D eigenvalue weighted by atomic mass is 16.3. The molecule has 104 valence electrons. The molecule has 1 aromatic heterocycles. The zero-order chi connectivity index (χ0) is 14.5. The number of hydrogen-bond acceptors (Lipinski definition) is 4. The van der Waals surface area contributed by atoms with Gasteiger partial charge in [-0.15, -0.1) is 0 Å². The molecular weight excluding hydrogens is 258 g/mol. The summed E-state index contributed by atoms with van der Waals surface area (Å²) in [5, 5.41) is 5.40. The molecule has 0 aliphatic rings. The van der Waals surface area contributed by atoms with Crippen LogP contribution in [-0.2, 0) is 16.0 Å². The van der Waals surface area contributed by atoms with Crippen molar-refractivity contribution in [1.82, 2.24) is 4.98 Å². The molecule has 2 rings (SSSR count). The van der Waals surface area contributed by atoms with Crippen LogP contribution in [0.1, 0.15) is 18.4 Å². The van der Waals surface area contributed by atoms with Crippen LogP contribution < -0.4 is 10.6 Å². The third kappa shape index (κ3) is 3.68. The Bertz CT molecular complexity index is 634. The van der Waals surface area contributed by atoms with E-state index < -0.39 is 0 Å². The molecule has 0 aliphatic carbocycles. The fourth-order valence-electron chi connectivity index (χ4n) is 1.72. The van der Waals surface area contributed by atoms with E-state index in [0.717, 1.165) is 0 Å². The summed E-state index contributed by atoms with van der Waals surface area (Å²) in [6, 6.07) is 6.93. The number of oxazole rings is 1. The van der Waals surface area contributed by atoms with E-state index in [1.807, 2.05) is 0 Å². The maximum Gasteiger partial charge on any atom is 0.232 e. The molecule has 0 unspecified atom stereocenters. The van der Waals surface area contributed by atoms with E-state index >= 15 is 0 Å². The molecule has 0 fully saturated rings. The van der Waals surface area contributed by atoms with Crippen LogP contribution >= 0.6 is 0 Å². The van der Waals surface area contributed by atoms with E-state index in [1.54, 1.807) is 31.2 Å². The van der Waals surface area contributed by atoms with Gasteiger partial charge in [0.15, 0.2) is 6.39 Å².